The van der Waals surface area contributed by atoms with Gasteiger partial charge in [0.15, 0.2) is 0 Å². The summed E-state index contributed by atoms with van der Waals surface area (Å²) in [6.45, 7) is 15.6. The molecule has 2 N–H and O–H groups in total. The molecule has 0 aliphatic rings. The Kier molecular flexibility index (Phi) is 37.2. The number of hydrogen-bond acceptors (Lipinski definition) is 14. The van der Waals surface area contributed by atoms with Crippen LogP contribution in [0.15, 0.2) is 24.3 Å². The molecule has 0 heterocycles. The van der Waals surface area contributed by atoms with E-state index in [4.69, 9.17) is 67.3 Å². The first kappa shape index (κ1) is 46.4. The summed E-state index contributed by atoms with van der Waals surface area (Å²) in [7, 11) is 0. The fourth-order valence-electron chi connectivity index (χ4n) is 3.93. The summed E-state index contributed by atoms with van der Waals surface area (Å²) in [6, 6.07) is 7.27. The summed E-state index contributed by atoms with van der Waals surface area (Å²) < 4.78 is 71.5. The van der Waals surface area contributed by atoms with Crippen molar-refractivity contribution in [3.8, 4) is 5.75 Å². The van der Waals surface area contributed by atoms with Gasteiger partial charge in [-0.15, -0.1) is 0 Å². The molecule has 1 rings (SSSR count). The van der Waals surface area contributed by atoms with E-state index in [2.05, 4.69) is 6.92 Å². The number of unbranched alkanes of at least 4 members (excludes halogenated alkanes) is 3. The van der Waals surface area contributed by atoms with Crippen molar-refractivity contribution < 1.29 is 61.6 Å². The molecule has 0 fully saturated rings. The van der Waals surface area contributed by atoms with Gasteiger partial charge in [0, 0.05) is 12.3 Å². The van der Waals surface area contributed by atoms with Gasteiger partial charge in [-0.3, -0.25) is 0 Å². The van der Waals surface area contributed by atoms with E-state index in [1.807, 2.05) is 12.1 Å². The molecule has 14 nitrogen and oxygen atoms in total. The third-order valence-electron chi connectivity index (χ3n) is 6.61. The molecule has 14 heteroatoms. The molecule has 0 aromatic heterocycles. The SMILES string of the molecule is CCCCCCOCCOCCOCCOCCOCCOCCOCCOCCOCCOCCOCCOCCOc1ccc(N)cc1. The topological polar surface area (TPSA) is 146 Å². The molecule has 0 bridgehead atoms. The lowest BCUT2D eigenvalue weighted by molar-refractivity contribution is -0.0285. The molecule has 0 atom stereocenters. The zero-order valence-electron chi connectivity index (χ0n) is 30.7. The van der Waals surface area contributed by atoms with Crippen molar-refractivity contribution in [3.05, 3.63) is 24.3 Å². The average molecular weight is 722 g/mol. The second kappa shape index (κ2) is 40.1. The van der Waals surface area contributed by atoms with Gasteiger partial charge in [-0.1, -0.05) is 26.2 Å². The minimum absolute atomic E-state index is 0.475. The maximum Gasteiger partial charge on any atom is 0.119 e. The molecule has 0 aliphatic heterocycles. The predicted octanol–water partition coefficient (Wildman–Crippen LogP) is 3.43. The van der Waals surface area contributed by atoms with Crippen LogP contribution in [0.4, 0.5) is 5.69 Å². The van der Waals surface area contributed by atoms with Gasteiger partial charge in [-0.25, -0.2) is 0 Å². The van der Waals surface area contributed by atoms with Gasteiger partial charge < -0.3 is 67.3 Å². The Balaban J connectivity index is 1.61. The Morgan fingerprint density at radius 1 is 0.320 bits per heavy atom. The van der Waals surface area contributed by atoms with Crippen LogP contribution in [0.3, 0.4) is 0 Å². The van der Waals surface area contributed by atoms with Crippen molar-refractivity contribution in [1.82, 2.24) is 0 Å². The lowest BCUT2D eigenvalue weighted by Crippen LogP contribution is -2.15. The van der Waals surface area contributed by atoms with E-state index in [0.29, 0.717) is 164 Å². The highest BCUT2D eigenvalue weighted by Gasteiger charge is 1.98. The van der Waals surface area contributed by atoms with Gasteiger partial charge in [0.1, 0.15) is 12.4 Å². The average Bonchev–Trinajstić information content (AvgIpc) is 3.13. The summed E-state index contributed by atoms with van der Waals surface area (Å²) >= 11 is 0. The third kappa shape index (κ3) is 36.1. The van der Waals surface area contributed by atoms with Crippen molar-refractivity contribution in [2.45, 2.75) is 32.6 Å². The molecule has 0 spiro atoms. The summed E-state index contributed by atoms with van der Waals surface area (Å²) in [5.41, 5.74) is 6.36. The fourth-order valence-corrected chi connectivity index (χ4v) is 3.93. The van der Waals surface area contributed by atoms with Crippen molar-refractivity contribution >= 4 is 5.69 Å². The molecular weight excluding hydrogens is 654 g/mol. The minimum atomic E-state index is 0.475. The molecular formula is C36H67NO13. The first-order valence-electron chi connectivity index (χ1n) is 18.2. The molecule has 50 heavy (non-hydrogen) atoms. The second-order valence-electron chi connectivity index (χ2n) is 10.8. The Labute approximate surface area is 300 Å². The van der Waals surface area contributed by atoms with Gasteiger partial charge in [0.2, 0.25) is 0 Å². The lowest BCUT2D eigenvalue weighted by atomic mass is 10.2. The molecule has 0 saturated carbocycles. The van der Waals surface area contributed by atoms with Crippen LogP contribution in [-0.4, -0.2) is 165 Å². The van der Waals surface area contributed by atoms with E-state index in [9.17, 15) is 0 Å². The van der Waals surface area contributed by atoms with Crippen LogP contribution >= 0.6 is 0 Å². The van der Waals surface area contributed by atoms with Crippen LogP contribution in [0.25, 0.3) is 0 Å². The summed E-state index contributed by atoms with van der Waals surface area (Å²) in [6.07, 6.45) is 4.89. The highest BCUT2D eigenvalue weighted by Crippen LogP contribution is 2.12. The largest absolute Gasteiger partial charge is 0.491 e. The van der Waals surface area contributed by atoms with Crippen molar-refractivity contribution in [1.29, 1.82) is 0 Å². The Morgan fingerprint density at radius 2 is 0.580 bits per heavy atom. The molecule has 0 aliphatic carbocycles. The smallest absolute Gasteiger partial charge is 0.119 e. The monoisotopic (exact) mass is 721 g/mol. The third-order valence-corrected chi connectivity index (χ3v) is 6.61. The first-order chi connectivity index (χ1) is 24.8. The number of ether oxygens (including phenoxy) is 13. The molecule has 1 aromatic rings. The number of benzene rings is 1. The van der Waals surface area contributed by atoms with Gasteiger partial charge in [-0.05, 0) is 30.7 Å². The molecule has 294 valence electrons. The Morgan fingerprint density at radius 3 is 0.860 bits per heavy atom. The maximum absolute atomic E-state index is 5.64. The van der Waals surface area contributed by atoms with Gasteiger partial charge >= 0.3 is 0 Å². The highest BCUT2D eigenvalue weighted by atomic mass is 16.6. The van der Waals surface area contributed by atoms with E-state index >= 15 is 0 Å². The maximum atomic E-state index is 5.64. The van der Waals surface area contributed by atoms with E-state index in [-0.39, 0.29) is 0 Å². The number of anilines is 1. The van der Waals surface area contributed by atoms with Crippen molar-refractivity contribution in [2.75, 3.05) is 171 Å². The van der Waals surface area contributed by atoms with E-state index in [1.165, 1.54) is 19.3 Å². The predicted molar refractivity (Wildman–Crippen MR) is 190 cm³/mol. The van der Waals surface area contributed by atoms with E-state index in [1.54, 1.807) is 12.1 Å². The van der Waals surface area contributed by atoms with E-state index < -0.39 is 0 Å². The van der Waals surface area contributed by atoms with Gasteiger partial charge in [-0.2, -0.15) is 0 Å². The number of hydrogen-bond donors (Lipinski definition) is 1. The standard InChI is InChI=1S/C36H67NO13/c1-2-3-4-5-10-38-11-12-39-13-14-40-15-16-41-17-18-42-19-20-43-21-22-44-23-24-45-25-26-46-27-28-47-29-30-48-31-32-49-33-34-50-36-8-6-35(37)7-9-36/h6-9H,2-5,10-34,37H2,1H3. The quantitative estimate of drug-likeness (QED) is 0.0777. The Hall–Kier alpha value is -1.66. The molecule has 0 radical (unpaired) electrons. The van der Waals surface area contributed by atoms with Crippen LogP contribution in [0.1, 0.15) is 32.6 Å². The van der Waals surface area contributed by atoms with Gasteiger partial charge in [0.05, 0.1) is 152 Å². The Bertz CT molecular complexity index is 779. The summed E-state index contributed by atoms with van der Waals surface area (Å²) in [4.78, 5) is 0. The minimum Gasteiger partial charge on any atom is -0.491 e. The van der Waals surface area contributed by atoms with Crippen LogP contribution in [0.5, 0.6) is 5.75 Å². The molecule has 0 saturated heterocycles. The summed E-state index contributed by atoms with van der Waals surface area (Å²) in [5, 5.41) is 0. The van der Waals surface area contributed by atoms with Crippen molar-refractivity contribution in [2.24, 2.45) is 0 Å². The van der Waals surface area contributed by atoms with Crippen LogP contribution in [0.2, 0.25) is 0 Å². The fraction of sp³-hybridized carbons (Fsp3) is 0.833. The van der Waals surface area contributed by atoms with Crippen LogP contribution in [-0.2, 0) is 56.8 Å². The zero-order chi connectivity index (χ0) is 35.7. The first-order valence-corrected chi connectivity index (χ1v) is 18.2. The number of rotatable bonds is 42. The number of nitrogens with two attached hydrogens (primary N) is 1. The van der Waals surface area contributed by atoms with Gasteiger partial charge in [0.25, 0.3) is 0 Å². The molecule has 0 amide bonds. The van der Waals surface area contributed by atoms with Crippen LogP contribution < -0.4 is 10.5 Å². The van der Waals surface area contributed by atoms with Crippen LogP contribution in [0, 0.1) is 0 Å². The normalized spacial score (nSPS) is 11.5. The van der Waals surface area contributed by atoms with Crippen molar-refractivity contribution in [3.63, 3.8) is 0 Å². The zero-order valence-corrected chi connectivity index (χ0v) is 30.7. The highest BCUT2D eigenvalue weighted by molar-refractivity contribution is 5.41. The molecule has 1 aromatic carbocycles. The molecule has 0 unspecified atom stereocenters. The second-order valence-corrected chi connectivity index (χ2v) is 10.8. The number of nitrogen functional groups attached to an aromatic ring is 1. The summed E-state index contributed by atoms with van der Waals surface area (Å²) in [5.74, 6) is 0.772. The lowest BCUT2D eigenvalue weighted by Gasteiger charge is -2.09. The van der Waals surface area contributed by atoms with E-state index in [0.717, 1.165) is 18.8 Å².